The Balaban J connectivity index is 1.25. The third kappa shape index (κ3) is 5.41. The molecule has 0 amide bonds. The zero-order valence-corrected chi connectivity index (χ0v) is 38.2. The first kappa shape index (κ1) is 40.4. The lowest BCUT2D eigenvalue weighted by molar-refractivity contribution is 1.10. The number of para-hydroxylation sites is 8. The van der Waals surface area contributed by atoms with Gasteiger partial charge >= 0.3 is 0 Å². The molecule has 0 aliphatic rings. The first-order valence-electron chi connectivity index (χ1n) is 23.6. The fourth-order valence-corrected chi connectivity index (χ4v) is 11.7. The van der Waals surface area contributed by atoms with E-state index in [1.54, 1.807) is 0 Å². The molecule has 0 atom stereocenters. The van der Waals surface area contributed by atoms with Gasteiger partial charge in [-0.05, 0) is 60.7 Å². The molecule has 330 valence electrons. The molecular weight excluding hydrogens is 881 g/mol. The second-order valence-electron chi connectivity index (χ2n) is 18.0. The molecule has 0 aliphatic carbocycles. The molecule has 4 heterocycles. The van der Waals surface area contributed by atoms with Crippen molar-refractivity contribution in [1.82, 2.24) is 18.3 Å². The predicted molar refractivity (Wildman–Crippen MR) is 288 cm³/mol. The number of fused-ring (bicyclic) bond motifs is 12. The van der Waals surface area contributed by atoms with E-state index in [1.165, 1.54) is 0 Å². The van der Waals surface area contributed by atoms with Gasteiger partial charge in [-0.1, -0.05) is 146 Å². The molecule has 0 saturated heterocycles. The quantitative estimate of drug-likeness (QED) is 0.171. The Morgan fingerprint density at radius 1 is 0.222 bits per heavy atom. The van der Waals surface area contributed by atoms with Crippen LogP contribution in [0.4, 0.5) is 0 Å². The number of nitriles is 4. The number of nitrogens with zero attached hydrogens (tertiary/aromatic N) is 8. The zero-order valence-electron chi connectivity index (χ0n) is 38.2. The molecule has 8 heteroatoms. The highest BCUT2D eigenvalue weighted by atomic mass is 15.0. The molecule has 0 unspecified atom stereocenters. The molecule has 72 heavy (non-hydrogen) atoms. The Morgan fingerprint density at radius 2 is 0.403 bits per heavy atom. The van der Waals surface area contributed by atoms with Gasteiger partial charge in [0.25, 0.3) is 0 Å². The molecule has 0 fully saturated rings. The van der Waals surface area contributed by atoms with E-state index in [1.807, 2.05) is 133 Å². The van der Waals surface area contributed by atoms with Gasteiger partial charge in [0.1, 0.15) is 24.3 Å². The van der Waals surface area contributed by atoms with Crippen molar-refractivity contribution in [2.24, 2.45) is 0 Å². The maximum absolute atomic E-state index is 12.0. The van der Waals surface area contributed by atoms with Crippen LogP contribution in [0.3, 0.4) is 0 Å². The van der Waals surface area contributed by atoms with E-state index in [0.29, 0.717) is 33.9 Å². The highest BCUT2D eigenvalue weighted by Crippen LogP contribution is 2.49. The molecule has 10 aromatic carbocycles. The van der Waals surface area contributed by atoms with Crippen molar-refractivity contribution >= 4 is 87.2 Å². The Hall–Kier alpha value is -10.6. The van der Waals surface area contributed by atoms with Crippen molar-refractivity contribution in [3.8, 4) is 58.2 Å². The molecule has 8 nitrogen and oxygen atoms in total. The van der Waals surface area contributed by atoms with Gasteiger partial charge < -0.3 is 18.3 Å². The molecule has 0 N–H and O–H groups in total. The van der Waals surface area contributed by atoms with E-state index >= 15 is 0 Å². The standard InChI is InChI=1S/C64H34N8/c65-35-47-49(37-67)63(61(71-55-29-13-5-21-43(55)44-22-6-14-30-56(44)71)33-59(47)69-51-25-9-1-17-39(51)40-18-2-10-26-52(40)69)64-50(38-68)48(36-66)60(70-53-27-11-3-19-41(53)42-20-4-12-28-54(42)70)34-62(64)72-57-31-15-7-23-45(57)46-24-8-16-32-58(46)72/h1-34H. The minimum Gasteiger partial charge on any atom is -0.308 e. The molecule has 14 rings (SSSR count). The zero-order chi connectivity index (χ0) is 48.2. The Morgan fingerprint density at radius 3 is 0.597 bits per heavy atom. The fourth-order valence-electron chi connectivity index (χ4n) is 11.7. The molecule has 0 saturated carbocycles. The van der Waals surface area contributed by atoms with Gasteiger partial charge in [0.15, 0.2) is 0 Å². The van der Waals surface area contributed by atoms with E-state index in [0.717, 1.165) is 87.2 Å². The topological polar surface area (TPSA) is 115 Å². The van der Waals surface area contributed by atoms with E-state index in [-0.39, 0.29) is 22.3 Å². The lowest BCUT2D eigenvalue weighted by Crippen LogP contribution is -2.12. The van der Waals surface area contributed by atoms with E-state index in [2.05, 4.69) is 115 Å². The smallest absolute Gasteiger partial charge is 0.103 e. The summed E-state index contributed by atoms with van der Waals surface area (Å²) in [6.07, 6.45) is 0. The van der Waals surface area contributed by atoms with Crippen molar-refractivity contribution in [2.75, 3.05) is 0 Å². The van der Waals surface area contributed by atoms with Crippen LogP contribution in [0.15, 0.2) is 206 Å². The van der Waals surface area contributed by atoms with E-state index in [9.17, 15) is 21.0 Å². The monoisotopic (exact) mass is 914 g/mol. The summed E-state index contributed by atoms with van der Waals surface area (Å²) in [6, 6.07) is 79.4. The summed E-state index contributed by atoms with van der Waals surface area (Å²) in [7, 11) is 0. The summed E-state index contributed by atoms with van der Waals surface area (Å²) in [5, 5.41) is 55.4. The van der Waals surface area contributed by atoms with Crippen LogP contribution in [-0.2, 0) is 0 Å². The van der Waals surface area contributed by atoms with Crippen LogP contribution in [0.25, 0.3) is 121 Å². The van der Waals surface area contributed by atoms with Crippen LogP contribution in [0.1, 0.15) is 22.3 Å². The summed E-state index contributed by atoms with van der Waals surface area (Å²) in [6.45, 7) is 0. The van der Waals surface area contributed by atoms with Crippen LogP contribution in [0.2, 0.25) is 0 Å². The number of hydrogen-bond donors (Lipinski definition) is 0. The number of benzene rings is 10. The first-order chi connectivity index (χ1) is 35.6. The van der Waals surface area contributed by atoms with Gasteiger partial charge in [-0.2, -0.15) is 21.0 Å². The minimum atomic E-state index is 0.0701. The normalized spacial score (nSPS) is 11.6. The summed E-state index contributed by atoms with van der Waals surface area (Å²) in [5.74, 6) is 0. The summed E-state index contributed by atoms with van der Waals surface area (Å²) in [5.41, 5.74) is 10.2. The third-order valence-corrected chi connectivity index (χ3v) is 14.6. The van der Waals surface area contributed by atoms with E-state index in [4.69, 9.17) is 0 Å². The third-order valence-electron chi connectivity index (χ3n) is 14.6. The predicted octanol–water partition coefficient (Wildman–Crippen LogP) is 15.2. The minimum absolute atomic E-state index is 0.0701. The number of aromatic nitrogens is 4. The molecule has 0 aliphatic heterocycles. The largest absolute Gasteiger partial charge is 0.308 e. The molecular formula is C64H34N8. The molecule has 0 spiro atoms. The van der Waals surface area contributed by atoms with Crippen LogP contribution >= 0.6 is 0 Å². The van der Waals surface area contributed by atoms with Gasteiger partial charge in [-0.3, -0.25) is 0 Å². The Bertz CT molecular complexity index is 4350. The molecule has 0 radical (unpaired) electrons. The molecule has 0 bridgehead atoms. The van der Waals surface area contributed by atoms with Crippen molar-refractivity contribution in [3.63, 3.8) is 0 Å². The van der Waals surface area contributed by atoms with E-state index < -0.39 is 0 Å². The van der Waals surface area contributed by atoms with Crippen molar-refractivity contribution in [1.29, 1.82) is 21.0 Å². The summed E-state index contributed by atoms with van der Waals surface area (Å²) in [4.78, 5) is 0. The summed E-state index contributed by atoms with van der Waals surface area (Å²) < 4.78 is 8.47. The van der Waals surface area contributed by atoms with Crippen molar-refractivity contribution in [3.05, 3.63) is 229 Å². The maximum Gasteiger partial charge on any atom is 0.103 e. The van der Waals surface area contributed by atoms with Gasteiger partial charge in [-0.15, -0.1) is 0 Å². The fraction of sp³-hybridized carbons (Fsp3) is 0. The average molecular weight is 915 g/mol. The SMILES string of the molecule is N#Cc1c(-n2c3ccccc3c3ccccc32)cc(-n2c3ccccc3c3ccccc32)c(-c2c(-n3c4ccccc4c4ccccc43)cc(-n3c4ccccc4c4ccccc43)c(C#N)c2C#N)c1C#N. The van der Waals surface area contributed by atoms with Crippen molar-refractivity contribution < 1.29 is 0 Å². The second kappa shape index (κ2) is 15.4. The number of rotatable bonds is 5. The van der Waals surface area contributed by atoms with Gasteiger partial charge in [0, 0.05) is 54.2 Å². The first-order valence-corrected chi connectivity index (χ1v) is 23.6. The molecule has 4 aromatic heterocycles. The van der Waals surface area contributed by atoms with Crippen LogP contribution < -0.4 is 0 Å². The van der Waals surface area contributed by atoms with Crippen LogP contribution in [0, 0.1) is 45.3 Å². The average Bonchev–Trinajstić information content (AvgIpc) is 4.17. The van der Waals surface area contributed by atoms with Gasteiger partial charge in [-0.25, -0.2) is 0 Å². The summed E-state index contributed by atoms with van der Waals surface area (Å²) >= 11 is 0. The van der Waals surface area contributed by atoms with Crippen molar-refractivity contribution in [2.45, 2.75) is 0 Å². The highest BCUT2D eigenvalue weighted by Gasteiger charge is 2.33. The second-order valence-corrected chi connectivity index (χ2v) is 18.0. The maximum atomic E-state index is 12.0. The Labute approximate surface area is 411 Å². The lowest BCUT2D eigenvalue weighted by atomic mass is 9.86. The molecule has 14 aromatic rings. The highest BCUT2D eigenvalue weighted by molar-refractivity contribution is 6.14. The van der Waals surface area contributed by atoms with Crippen LogP contribution in [-0.4, -0.2) is 18.3 Å². The van der Waals surface area contributed by atoms with Gasteiger partial charge in [0.2, 0.25) is 0 Å². The van der Waals surface area contributed by atoms with Gasteiger partial charge in [0.05, 0.1) is 89.1 Å². The van der Waals surface area contributed by atoms with Crippen LogP contribution in [0.5, 0.6) is 0 Å². The lowest BCUT2D eigenvalue weighted by Gasteiger charge is -2.25. The number of hydrogen-bond acceptors (Lipinski definition) is 4. The Kier molecular flexibility index (Phi) is 8.67.